The average molecular weight is 231 g/mol. The van der Waals surface area contributed by atoms with Crippen molar-refractivity contribution in [2.75, 3.05) is 26.2 Å². The molecule has 3 heteroatoms. The van der Waals surface area contributed by atoms with E-state index in [1.54, 1.807) is 0 Å². The number of nitrogens with one attached hydrogen (secondary N) is 1. The van der Waals surface area contributed by atoms with Gasteiger partial charge in [0.2, 0.25) is 0 Å². The van der Waals surface area contributed by atoms with Crippen LogP contribution in [0.25, 0.3) is 0 Å². The molecule has 1 N–H and O–H groups in total. The molecule has 0 amide bonds. The normalized spacial score (nSPS) is 33.4. The van der Waals surface area contributed by atoms with Crippen molar-refractivity contribution in [1.29, 1.82) is 0 Å². The smallest absolute Gasteiger partial charge is 0.0337 e. The van der Waals surface area contributed by atoms with Gasteiger partial charge in [-0.3, -0.25) is 0 Å². The van der Waals surface area contributed by atoms with Gasteiger partial charge in [-0.15, -0.1) is 11.6 Å². The third-order valence-electron chi connectivity index (χ3n) is 3.72. The lowest BCUT2D eigenvalue weighted by atomic mass is 9.95. The largest absolute Gasteiger partial charge is 0.313 e. The molecule has 1 heterocycles. The second kappa shape index (κ2) is 6.07. The maximum absolute atomic E-state index is 6.08. The summed E-state index contributed by atoms with van der Waals surface area (Å²) in [4.78, 5) is 2.57. The third kappa shape index (κ3) is 3.93. The first-order chi connectivity index (χ1) is 7.34. The summed E-state index contributed by atoms with van der Waals surface area (Å²) < 4.78 is 0. The molecular formula is C12H23ClN2. The van der Waals surface area contributed by atoms with Crippen LogP contribution < -0.4 is 5.32 Å². The van der Waals surface area contributed by atoms with Gasteiger partial charge >= 0.3 is 0 Å². The lowest BCUT2D eigenvalue weighted by Gasteiger charge is -2.26. The highest BCUT2D eigenvalue weighted by Crippen LogP contribution is 2.22. The molecule has 0 radical (unpaired) electrons. The highest BCUT2D eigenvalue weighted by atomic mass is 35.5. The Balaban J connectivity index is 1.53. The summed E-state index contributed by atoms with van der Waals surface area (Å²) in [6, 6.07) is 0.739. The Bertz CT molecular complexity index is 172. The molecule has 2 aliphatic rings. The Kier molecular flexibility index (Phi) is 4.73. The summed E-state index contributed by atoms with van der Waals surface area (Å²) in [7, 11) is 0. The number of likely N-dealkylation sites (tertiary alicyclic amines) is 1. The molecular weight excluding hydrogens is 208 g/mol. The maximum Gasteiger partial charge on any atom is 0.0337 e. The predicted molar refractivity (Wildman–Crippen MR) is 65.6 cm³/mol. The summed E-state index contributed by atoms with van der Waals surface area (Å²) in [5.74, 6) is 0. The van der Waals surface area contributed by atoms with Crippen molar-refractivity contribution in [2.45, 2.75) is 49.9 Å². The second-order valence-corrected chi connectivity index (χ2v) is 5.57. The van der Waals surface area contributed by atoms with Crippen LogP contribution in [0.5, 0.6) is 0 Å². The molecule has 2 nitrogen and oxygen atoms in total. The molecule has 2 rings (SSSR count). The molecule has 1 saturated heterocycles. The summed E-state index contributed by atoms with van der Waals surface area (Å²) in [5, 5.41) is 4.11. The minimum absolute atomic E-state index is 0.446. The molecule has 2 fully saturated rings. The van der Waals surface area contributed by atoms with Crippen molar-refractivity contribution >= 4 is 11.6 Å². The van der Waals surface area contributed by atoms with Gasteiger partial charge in [0.25, 0.3) is 0 Å². The van der Waals surface area contributed by atoms with Crippen LogP contribution in [0.1, 0.15) is 38.5 Å². The lowest BCUT2D eigenvalue weighted by Crippen LogP contribution is -2.38. The minimum atomic E-state index is 0.446. The van der Waals surface area contributed by atoms with Crippen molar-refractivity contribution in [3.63, 3.8) is 0 Å². The van der Waals surface area contributed by atoms with Crippen LogP contribution in [-0.2, 0) is 0 Å². The molecule has 0 bridgehead atoms. The van der Waals surface area contributed by atoms with E-state index in [0.29, 0.717) is 5.38 Å². The zero-order valence-electron chi connectivity index (χ0n) is 9.55. The molecule has 88 valence electrons. The molecule has 0 unspecified atom stereocenters. The number of hydrogen-bond acceptors (Lipinski definition) is 2. The Morgan fingerprint density at radius 1 is 1.07 bits per heavy atom. The van der Waals surface area contributed by atoms with Gasteiger partial charge in [0.1, 0.15) is 0 Å². The van der Waals surface area contributed by atoms with E-state index in [2.05, 4.69) is 10.2 Å². The van der Waals surface area contributed by atoms with Crippen molar-refractivity contribution in [3.8, 4) is 0 Å². The van der Waals surface area contributed by atoms with E-state index in [1.807, 2.05) is 0 Å². The van der Waals surface area contributed by atoms with E-state index in [9.17, 15) is 0 Å². The van der Waals surface area contributed by atoms with E-state index in [0.717, 1.165) is 12.6 Å². The van der Waals surface area contributed by atoms with Crippen molar-refractivity contribution in [3.05, 3.63) is 0 Å². The first-order valence-corrected chi connectivity index (χ1v) is 6.88. The number of nitrogens with zero attached hydrogens (tertiary/aromatic N) is 1. The minimum Gasteiger partial charge on any atom is -0.313 e. The van der Waals surface area contributed by atoms with Gasteiger partial charge in [0, 0.05) is 24.5 Å². The van der Waals surface area contributed by atoms with Crippen LogP contribution in [-0.4, -0.2) is 42.5 Å². The molecule has 0 spiro atoms. The van der Waals surface area contributed by atoms with Crippen LogP contribution in [0.15, 0.2) is 0 Å². The number of halogens is 1. The topological polar surface area (TPSA) is 15.3 Å². The molecule has 1 saturated carbocycles. The van der Waals surface area contributed by atoms with Gasteiger partial charge in [-0.05, 0) is 51.6 Å². The Labute approximate surface area is 98.4 Å². The zero-order valence-corrected chi connectivity index (χ0v) is 10.3. The second-order valence-electron chi connectivity index (χ2n) is 4.95. The van der Waals surface area contributed by atoms with E-state index in [4.69, 9.17) is 11.6 Å². The van der Waals surface area contributed by atoms with E-state index >= 15 is 0 Å². The van der Waals surface area contributed by atoms with Gasteiger partial charge in [0.15, 0.2) is 0 Å². The first-order valence-electron chi connectivity index (χ1n) is 6.44. The highest BCUT2D eigenvalue weighted by Gasteiger charge is 2.19. The van der Waals surface area contributed by atoms with Gasteiger partial charge in [0.05, 0.1) is 0 Å². The van der Waals surface area contributed by atoms with Crippen LogP contribution in [0.3, 0.4) is 0 Å². The Morgan fingerprint density at radius 3 is 2.40 bits per heavy atom. The first kappa shape index (κ1) is 11.7. The van der Waals surface area contributed by atoms with E-state index < -0.39 is 0 Å². The summed E-state index contributed by atoms with van der Waals surface area (Å²) in [6.07, 6.45) is 7.74. The monoisotopic (exact) mass is 230 g/mol. The summed E-state index contributed by atoms with van der Waals surface area (Å²) >= 11 is 6.08. The Morgan fingerprint density at radius 2 is 1.73 bits per heavy atom. The number of rotatable bonds is 4. The van der Waals surface area contributed by atoms with E-state index in [-0.39, 0.29) is 0 Å². The molecule has 0 atom stereocenters. The van der Waals surface area contributed by atoms with Crippen LogP contribution in [0.2, 0.25) is 0 Å². The van der Waals surface area contributed by atoms with Crippen LogP contribution in [0.4, 0.5) is 0 Å². The van der Waals surface area contributed by atoms with Gasteiger partial charge < -0.3 is 10.2 Å². The molecule has 0 aromatic carbocycles. The number of hydrogen-bond donors (Lipinski definition) is 1. The van der Waals surface area contributed by atoms with Crippen LogP contribution >= 0.6 is 11.6 Å². The lowest BCUT2D eigenvalue weighted by molar-refractivity contribution is 0.309. The van der Waals surface area contributed by atoms with Crippen molar-refractivity contribution in [2.24, 2.45) is 0 Å². The summed E-state index contributed by atoms with van der Waals surface area (Å²) in [5.41, 5.74) is 0. The van der Waals surface area contributed by atoms with Crippen LogP contribution in [0, 0.1) is 0 Å². The van der Waals surface area contributed by atoms with Crippen molar-refractivity contribution < 1.29 is 0 Å². The fourth-order valence-corrected chi connectivity index (χ4v) is 2.94. The van der Waals surface area contributed by atoms with Gasteiger partial charge in [-0.25, -0.2) is 0 Å². The van der Waals surface area contributed by atoms with E-state index in [1.165, 1.54) is 58.2 Å². The maximum atomic E-state index is 6.08. The predicted octanol–water partition coefficient (Wildman–Crippen LogP) is 2.22. The SMILES string of the molecule is ClC1CCC(NCCN2CCCC2)CC1. The fourth-order valence-electron chi connectivity index (χ4n) is 2.69. The van der Waals surface area contributed by atoms with Crippen molar-refractivity contribution in [1.82, 2.24) is 10.2 Å². The molecule has 0 aromatic heterocycles. The van der Waals surface area contributed by atoms with Gasteiger partial charge in [-0.2, -0.15) is 0 Å². The summed E-state index contributed by atoms with van der Waals surface area (Å²) in [6.45, 7) is 5.03. The van der Waals surface area contributed by atoms with Gasteiger partial charge in [-0.1, -0.05) is 0 Å². The standard InChI is InChI=1S/C12H23ClN2/c13-11-3-5-12(6-4-11)14-7-10-15-8-1-2-9-15/h11-12,14H,1-10H2. The molecule has 15 heavy (non-hydrogen) atoms. The Hall–Kier alpha value is 0.210. The molecule has 1 aliphatic carbocycles. The zero-order chi connectivity index (χ0) is 10.5. The molecule has 0 aromatic rings. The quantitative estimate of drug-likeness (QED) is 0.746. The third-order valence-corrected chi connectivity index (χ3v) is 4.15. The fraction of sp³-hybridized carbons (Fsp3) is 1.00. The number of alkyl halides is 1. The average Bonchev–Trinajstić information content (AvgIpc) is 2.74. The molecule has 1 aliphatic heterocycles. The highest BCUT2D eigenvalue weighted by molar-refractivity contribution is 6.20.